The van der Waals surface area contributed by atoms with Crippen molar-refractivity contribution in [1.29, 1.82) is 0 Å². The van der Waals surface area contributed by atoms with E-state index >= 15 is 0 Å². The smallest absolute Gasteiger partial charge is 0.407 e. The van der Waals surface area contributed by atoms with Crippen molar-refractivity contribution in [2.75, 3.05) is 26.4 Å². The Bertz CT molecular complexity index is 940. The fraction of sp³-hybridized carbons (Fsp3) is 0.353. The fourth-order valence-corrected chi connectivity index (χ4v) is 3.61. The third-order valence-electron chi connectivity index (χ3n) is 4.39. The first kappa shape index (κ1) is 19.3. The van der Waals surface area contributed by atoms with Crippen LogP contribution >= 0.6 is 27.5 Å². The zero-order valence-electron chi connectivity index (χ0n) is 14.2. The summed E-state index contributed by atoms with van der Waals surface area (Å²) >= 11 is 9.00. The molecule has 2 aliphatic rings. The highest BCUT2D eigenvalue weighted by atomic mass is 79.9. The Kier molecular flexibility index (Phi) is 5.37. The molecule has 1 unspecified atom stereocenters. The highest BCUT2D eigenvalue weighted by molar-refractivity contribution is 9.10. The summed E-state index contributed by atoms with van der Waals surface area (Å²) < 4.78 is 37.1. The lowest BCUT2D eigenvalue weighted by Crippen LogP contribution is -2.16. The average molecular weight is 476 g/mol. The van der Waals surface area contributed by atoms with E-state index in [2.05, 4.69) is 20.9 Å². The molecule has 4 rings (SSSR count). The van der Waals surface area contributed by atoms with Crippen LogP contribution in [0.15, 0.2) is 22.7 Å². The molecular weight excluding hydrogens is 463 g/mol. The topological polar surface area (TPSA) is 93.0 Å². The van der Waals surface area contributed by atoms with Gasteiger partial charge in [0.2, 0.25) is 5.75 Å². The molecule has 1 saturated heterocycles. The molecule has 11 heteroatoms. The second kappa shape index (κ2) is 7.78. The second-order valence-electron chi connectivity index (χ2n) is 6.11. The highest BCUT2D eigenvalue weighted by Gasteiger charge is 2.35. The standard InChI is InChI=1S/C17H13BrClFN2O6/c18-9-5-12(16(22(23)24)21-15(9)19)28-7-8-6-27-11-2-1-10(20)14(13(8)11)17-25-3-4-26-17/h1-2,5,8,17H,3-4,6-7H2. The first-order chi connectivity index (χ1) is 13.5. The van der Waals surface area contributed by atoms with Crippen molar-refractivity contribution in [1.82, 2.24) is 4.98 Å². The number of rotatable bonds is 5. The number of hydrogen-bond donors (Lipinski definition) is 0. The summed E-state index contributed by atoms with van der Waals surface area (Å²) in [5.41, 5.74) is 0.849. The van der Waals surface area contributed by atoms with Crippen LogP contribution in [0.2, 0.25) is 5.15 Å². The van der Waals surface area contributed by atoms with Crippen LogP contribution < -0.4 is 9.47 Å². The maximum absolute atomic E-state index is 14.5. The number of nitrogens with zero attached hydrogens (tertiary/aromatic N) is 2. The van der Waals surface area contributed by atoms with Gasteiger partial charge in [-0.05, 0) is 49.6 Å². The molecule has 1 fully saturated rings. The van der Waals surface area contributed by atoms with Crippen LogP contribution in [0.3, 0.4) is 0 Å². The third-order valence-corrected chi connectivity index (χ3v) is 5.51. The number of nitro groups is 1. The summed E-state index contributed by atoms with van der Waals surface area (Å²) in [5, 5.41) is 11.2. The largest absolute Gasteiger partial charge is 0.492 e. The molecule has 2 aromatic rings. The molecule has 148 valence electrons. The monoisotopic (exact) mass is 474 g/mol. The lowest BCUT2D eigenvalue weighted by Gasteiger charge is -2.18. The maximum Gasteiger partial charge on any atom is 0.407 e. The van der Waals surface area contributed by atoms with E-state index in [-0.39, 0.29) is 35.6 Å². The van der Waals surface area contributed by atoms with Crippen molar-refractivity contribution in [2.45, 2.75) is 12.2 Å². The Morgan fingerprint density at radius 2 is 2.11 bits per heavy atom. The van der Waals surface area contributed by atoms with E-state index in [0.717, 1.165) is 0 Å². The van der Waals surface area contributed by atoms with Crippen LogP contribution in [0.4, 0.5) is 10.2 Å². The first-order valence-corrected chi connectivity index (χ1v) is 9.44. The minimum Gasteiger partial charge on any atom is -0.492 e. The number of pyridine rings is 1. The number of aromatic nitrogens is 1. The molecule has 3 heterocycles. The third kappa shape index (κ3) is 3.52. The lowest BCUT2D eigenvalue weighted by atomic mass is 9.95. The average Bonchev–Trinajstić information content (AvgIpc) is 3.32. The van der Waals surface area contributed by atoms with Crippen LogP contribution in [-0.4, -0.2) is 36.3 Å². The van der Waals surface area contributed by atoms with Crippen molar-refractivity contribution < 1.29 is 28.3 Å². The number of hydrogen-bond acceptors (Lipinski definition) is 7. The minimum atomic E-state index is -0.820. The van der Waals surface area contributed by atoms with Gasteiger partial charge in [0.25, 0.3) is 5.15 Å². The summed E-state index contributed by atoms with van der Waals surface area (Å²) in [6, 6.07) is 4.21. The zero-order valence-corrected chi connectivity index (χ0v) is 16.5. The van der Waals surface area contributed by atoms with Gasteiger partial charge in [0.15, 0.2) is 6.29 Å². The van der Waals surface area contributed by atoms with Crippen molar-refractivity contribution in [3.05, 3.63) is 54.9 Å². The summed E-state index contributed by atoms with van der Waals surface area (Å²) in [5.74, 6) is -0.894. The van der Waals surface area contributed by atoms with Crippen molar-refractivity contribution in [3.63, 3.8) is 0 Å². The molecule has 0 amide bonds. The van der Waals surface area contributed by atoms with E-state index in [4.69, 9.17) is 30.5 Å². The van der Waals surface area contributed by atoms with E-state index in [1.165, 1.54) is 18.2 Å². The molecule has 0 aliphatic carbocycles. The fourth-order valence-electron chi connectivity index (χ4n) is 3.17. The quantitative estimate of drug-likeness (QED) is 0.364. The van der Waals surface area contributed by atoms with Gasteiger partial charge in [-0.3, -0.25) is 0 Å². The van der Waals surface area contributed by atoms with E-state index in [1.54, 1.807) is 0 Å². The molecule has 8 nitrogen and oxygen atoms in total. The Balaban J connectivity index is 1.62. The van der Waals surface area contributed by atoms with Gasteiger partial charge in [-0.1, -0.05) is 0 Å². The summed E-state index contributed by atoms with van der Waals surface area (Å²) in [6.45, 7) is 0.972. The van der Waals surface area contributed by atoms with E-state index < -0.39 is 22.8 Å². The van der Waals surface area contributed by atoms with Crippen molar-refractivity contribution >= 4 is 33.3 Å². The lowest BCUT2D eigenvalue weighted by molar-refractivity contribution is -0.390. The summed E-state index contributed by atoms with van der Waals surface area (Å²) in [4.78, 5) is 14.3. The number of fused-ring (bicyclic) bond motifs is 1. The second-order valence-corrected chi connectivity index (χ2v) is 7.32. The first-order valence-electron chi connectivity index (χ1n) is 8.27. The van der Waals surface area contributed by atoms with Crippen LogP contribution in [0, 0.1) is 15.9 Å². The molecule has 0 spiro atoms. The Labute approximate surface area is 171 Å². The van der Waals surface area contributed by atoms with Gasteiger partial charge in [-0.15, -0.1) is 0 Å². The van der Waals surface area contributed by atoms with Gasteiger partial charge in [0.1, 0.15) is 11.6 Å². The molecule has 28 heavy (non-hydrogen) atoms. The zero-order chi connectivity index (χ0) is 19.8. The molecule has 1 atom stereocenters. The van der Waals surface area contributed by atoms with Crippen LogP contribution in [0.25, 0.3) is 0 Å². The molecule has 2 aliphatic heterocycles. The van der Waals surface area contributed by atoms with E-state index in [0.29, 0.717) is 29.0 Å². The van der Waals surface area contributed by atoms with Crippen molar-refractivity contribution in [2.24, 2.45) is 0 Å². The van der Waals surface area contributed by atoms with Crippen LogP contribution in [0.1, 0.15) is 23.3 Å². The number of ether oxygens (including phenoxy) is 4. The predicted octanol–water partition coefficient (Wildman–Crippen LogP) is 4.15. The van der Waals surface area contributed by atoms with Gasteiger partial charge >= 0.3 is 5.82 Å². The molecule has 1 aromatic carbocycles. The van der Waals surface area contributed by atoms with Crippen LogP contribution in [-0.2, 0) is 9.47 Å². The van der Waals surface area contributed by atoms with E-state index in [9.17, 15) is 14.5 Å². The number of benzene rings is 1. The highest BCUT2D eigenvalue weighted by Crippen LogP contribution is 2.43. The minimum absolute atomic E-state index is 0.00671. The van der Waals surface area contributed by atoms with Gasteiger partial charge < -0.3 is 29.1 Å². The molecule has 1 aromatic heterocycles. The Morgan fingerprint density at radius 3 is 2.82 bits per heavy atom. The maximum atomic E-state index is 14.5. The van der Waals surface area contributed by atoms with Gasteiger partial charge in [0.05, 0.1) is 42.4 Å². The summed E-state index contributed by atoms with van der Waals surface area (Å²) in [6.07, 6.45) is -0.820. The molecule has 0 radical (unpaired) electrons. The van der Waals surface area contributed by atoms with E-state index in [1.807, 2.05) is 0 Å². The Morgan fingerprint density at radius 1 is 1.36 bits per heavy atom. The Hall–Kier alpha value is -2.01. The van der Waals surface area contributed by atoms with Gasteiger partial charge in [0, 0.05) is 11.6 Å². The molecular formula is C17H13BrClFN2O6. The summed E-state index contributed by atoms with van der Waals surface area (Å²) in [7, 11) is 0. The number of halogens is 3. The van der Waals surface area contributed by atoms with Crippen LogP contribution in [0.5, 0.6) is 11.5 Å². The molecule has 0 N–H and O–H groups in total. The SMILES string of the molecule is O=[N+]([O-])c1nc(Cl)c(Br)cc1OCC1COc2ccc(F)c(C3OCCO3)c21. The van der Waals surface area contributed by atoms with Gasteiger partial charge in [-0.25, -0.2) is 4.39 Å². The molecule has 0 bridgehead atoms. The van der Waals surface area contributed by atoms with Gasteiger partial charge in [-0.2, -0.15) is 0 Å². The normalized spacial score (nSPS) is 18.8. The predicted molar refractivity (Wildman–Crippen MR) is 98.4 cm³/mol. The van der Waals surface area contributed by atoms with Crippen molar-refractivity contribution in [3.8, 4) is 11.5 Å². The molecule has 0 saturated carbocycles.